The van der Waals surface area contributed by atoms with E-state index >= 15 is 0 Å². The Kier molecular flexibility index (Phi) is 4.98. The van der Waals surface area contributed by atoms with Gasteiger partial charge in [0, 0.05) is 30.4 Å². The average molecular weight is 262 g/mol. The topological polar surface area (TPSA) is 49.4 Å². The summed E-state index contributed by atoms with van der Waals surface area (Å²) in [6.07, 6.45) is 0.742. The third-order valence-corrected chi connectivity index (χ3v) is 5.35. The Labute approximate surface area is 106 Å². The molecule has 4 nitrogen and oxygen atoms in total. The van der Waals surface area contributed by atoms with Gasteiger partial charge in [0.25, 0.3) is 0 Å². The standard InChI is InChI=1S/C12H26N2O2S/c1-5-17(15,16)8-6-7-14-9-11(2)13-10-12(14,3)4/h11,13H,5-10H2,1-4H3. The fraction of sp³-hybridized carbons (Fsp3) is 1.00. The van der Waals surface area contributed by atoms with E-state index in [1.165, 1.54) is 0 Å². The summed E-state index contributed by atoms with van der Waals surface area (Å²) in [6.45, 7) is 11.1. The molecule has 0 aromatic carbocycles. The molecule has 17 heavy (non-hydrogen) atoms. The lowest BCUT2D eigenvalue weighted by Crippen LogP contribution is -2.61. The summed E-state index contributed by atoms with van der Waals surface area (Å²) >= 11 is 0. The van der Waals surface area contributed by atoms with Crippen molar-refractivity contribution in [1.82, 2.24) is 10.2 Å². The van der Waals surface area contributed by atoms with Crippen LogP contribution in [-0.4, -0.2) is 56.0 Å². The van der Waals surface area contributed by atoms with Crippen LogP contribution in [-0.2, 0) is 9.84 Å². The van der Waals surface area contributed by atoms with E-state index in [9.17, 15) is 8.42 Å². The molecular weight excluding hydrogens is 236 g/mol. The highest BCUT2D eigenvalue weighted by molar-refractivity contribution is 7.91. The predicted octanol–water partition coefficient (Wildman–Crippen LogP) is 0.884. The van der Waals surface area contributed by atoms with Crippen molar-refractivity contribution in [1.29, 1.82) is 0 Å². The molecule has 1 saturated heterocycles. The molecule has 1 unspecified atom stereocenters. The Balaban J connectivity index is 2.44. The minimum atomic E-state index is -2.81. The minimum absolute atomic E-state index is 0.127. The Morgan fingerprint density at radius 3 is 2.65 bits per heavy atom. The molecule has 0 aliphatic carbocycles. The largest absolute Gasteiger partial charge is 0.311 e. The monoisotopic (exact) mass is 262 g/mol. The van der Waals surface area contributed by atoms with Crippen molar-refractivity contribution in [3.8, 4) is 0 Å². The highest BCUT2D eigenvalue weighted by Crippen LogP contribution is 2.18. The molecule has 1 aliphatic heterocycles. The van der Waals surface area contributed by atoms with E-state index in [2.05, 4.69) is 31.0 Å². The summed E-state index contributed by atoms with van der Waals surface area (Å²) in [4.78, 5) is 2.40. The van der Waals surface area contributed by atoms with Crippen LogP contribution in [0.4, 0.5) is 0 Å². The van der Waals surface area contributed by atoms with Crippen LogP contribution < -0.4 is 5.32 Å². The van der Waals surface area contributed by atoms with E-state index in [1.54, 1.807) is 6.92 Å². The van der Waals surface area contributed by atoms with Gasteiger partial charge in [-0.2, -0.15) is 0 Å². The van der Waals surface area contributed by atoms with Gasteiger partial charge in [-0.25, -0.2) is 8.42 Å². The maximum Gasteiger partial charge on any atom is 0.150 e. The van der Waals surface area contributed by atoms with Gasteiger partial charge in [-0.15, -0.1) is 0 Å². The number of hydrogen-bond acceptors (Lipinski definition) is 4. The molecule has 1 aliphatic rings. The van der Waals surface area contributed by atoms with E-state index in [-0.39, 0.29) is 11.3 Å². The molecule has 0 bridgehead atoms. The zero-order valence-corrected chi connectivity index (χ0v) is 12.3. The van der Waals surface area contributed by atoms with Crippen molar-refractivity contribution in [3.05, 3.63) is 0 Å². The van der Waals surface area contributed by atoms with E-state index in [1.807, 2.05) is 0 Å². The molecule has 1 N–H and O–H groups in total. The summed E-state index contributed by atoms with van der Waals surface area (Å²) in [6, 6.07) is 0.491. The molecule has 0 radical (unpaired) electrons. The number of piperazine rings is 1. The second-order valence-electron chi connectivity index (χ2n) is 5.63. The van der Waals surface area contributed by atoms with Crippen molar-refractivity contribution in [3.63, 3.8) is 0 Å². The zero-order chi connectivity index (χ0) is 13.1. The molecule has 1 fully saturated rings. The summed E-state index contributed by atoms with van der Waals surface area (Å²) < 4.78 is 22.9. The number of hydrogen-bond donors (Lipinski definition) is 1. The first-order valence-electron chi connectivity index (χ1n) is 6.46. The normalized spacial score (nSPS) is 26.0. The van der Waals surface area contributed by atoms with Gasteiger partial charge < -0.3 is 5.32 Å². The Hall–Kier alpha value is -0.130. The highest BCUT2D eigenvalue weighted by atomic mass is 32.2. The first-order valence-corrected chi connectivity index (χ1v) is 8.28. The van der Waals surface area contributed by atoms with Crippen LogP contribution in [0.5, 0.6) is 0 Å². The molecule has 0 aromatic rings. The lowest BCUT2D eigenvalue weighted by atomic mass is 9.98. The van der Waals surface area contributed by atoms with Crippen molar-refractivity contribution in [2.24, 2.45) is 0 Å². The van der Waals surface area contributed by atoms with Crippen molar-refractivity contribution < 1.29 is 8.42 Å². The third kappa shape index (κ3) is 4.56. The number of nitrogens with zero attached hydrogens (tertiary/aromatic N) is 1. The molecule has 0 spiro atoms. The molecule has 1 heterocycles. The van der Waals surface area contributed by atoms with Crippen LogP contribution in [0.25, 0.3) is 0 Å². The van der Waals surface area contributed by atoms with Crippen molar-refractivity contribution in [2.45, 2.75) is 45.7 Å². The van der Waals surface area contributed by atoms with Gasteiger partial charge in [-0.1, -0.05) is 6.92 Å². The smallest absolute Gasteiger partial charge is 0.150 e. The van der Waals surface area contributed by atoms with Crippen LogP contribution in [0.15, 0.2) is 0 Å². The van der Waals surface area contributed by atoms with Crippen LogP contribution in [0.1, 0.15) is 34.1 Å². The molecule has 0 amide bonds. The van der Waals surface area contributed by atoms with Gasteiger partial charge in [0.2, 0.25) is 0 Å². The second-order valence-corrected chi connectivity index (χ2v) is 8.10. The maximum atomic E-state index is 11.4. The van der Waals surface area contributed by atoms with Crippen molar-refractivity contribution >= 4 is 9.84 Å². The Bertz CT molecular complexity index is 338. The molecule has 0 saturated carbocycles. The fourth-order valence-electron chi connectivity index (χ4n) is 2.19. The SMILES string of the molecule is CCS(=O)(=O)CCCN1CC(C)NCC1(C)C. The van der Waals surface area contributed by atoms with E-state index in [0.717, 1.165) is 26.1 Å². The van der Waals surface area contributed by atoms with Gasteiger partial charge in [0.15, 0.2) is 0 Å². The Morgan fingerprint density at radius 1 is 1.41 bits per heavy atom. The number of sulfone groups is 1. The summed E-state index contributed by atoms with van der Waals surface area (Å²) in [7, 11) is -2.81. The van der Waals surface area contributed by atoms with Gasteiger partial charge in [-0.05, 0) is 33.7 Å². The number of rotatable bonds is 5. The fourth-order valence-corrected chi connectivity index (χ4v) is 3.05. The van der Waals surface area contributed by atoms with E-state index < -0.39 is 9.84 Å². The molecule has 1 rings (SSSR count). The molecule has 1 atom stereocenters. The summed E-state index contributed by atoms with van der Waals surface area (Å²) in [5, 5.41) is 3.46. The zero-order valence-electron chi connectivity index (χ0n) is 11.5. The predicted molar refractivity (Wildman–Crippen MR) is 72.1 cm³/mol. The first kappa shape index (κ1) is 14.9. The Morgan fingerprint density at radius 2 is 2.06 bits per heavy atom. The highest BCUT2D eigenvalue weighted by Gasteiger charge is 2.31. The number of nitrogens with one attached hydrogen (secondary N) is 1. The van der Waals surface area contributed by atoms with E-state index in [4.69, 9.17) is 0 Å². The minimum Gasteiger partial charge on any atom is -0.311 e. The first-order chi connectivity index (χ1) is 7.77. The molecule has 0 aromatic heterocycles. The van der Waals surface area contributed by atoms with Gasteiger partial charge in [0.1, 0.15) is 9.84 Å². The van der Waals surface area contributed by atoms with Crippen LogP contribution in [0.3, 0.4) is 0 Å². The summed E-state index contributed by atoms with van der Waals surface area (Å²) in [5.74, 6) is 0.576. The van der Waals surface area contributed by atoms with Crippen LogP contribution in [0, 0.1) is 0 Å². The van der Waals surface area contributed by atoms with Crippen molar-refractivity contribution in [2.75, 3.05) is 31.1 Å². The summed E-state index contributed by atoms with van der Waals surface area (Å²) in [5.41, 5.74) is 0.127. The lowest BCUT2D eigenvalue weighted by Gasteiger charge is -2.45. The average Bonchev–Trinajstić information content (AvgIpc) is 2.23. The lowest BCUT2D eigenvalue weighted by molar-refractivity contribution is 0.0707. The molecule has 102 valence electrons. The van der Waals surface area contributed by atoms with Gasteiger partial charge in [0.05, 0.1) is 5.75 Å². The third-order valence-electron chi connectivity index (χ3n) is 3.56. The van der Waals surface area contributed by atoms with Crippen LogP contribution in [0.2, 0.25) is 0 Å². The molecular formula is C12H26N2O2S. The van der Waals surface area contributed by atoms with E-state index in [0.29, 0.717) is 11.8 Å². The quantitative estimate of drug-likeness (QED) is 0.799. The second kappa shape index (κ2) is 5.67. The van der Waals surface area contributed by atoms with Gasteiger partial charge >= 0.3 is 0 Å². The van der Waals surface area contributed by atoms with Gasteiger partial charge in [-0.3, -0.25) is 4.90 Å². The van der Waals surface area contributed by atoms with Crippen LogP contribution >= 0.6 is 0 Å². The maximum absolute atomic E-state index is 11.4. The molecule has 5 heteroatoms.